The molecule has 0 bridgehead atoms. The molecule has 10 nitrogen and oxygen atoms in total. The number of carbonyl (C=O) groups excluding carboxylic acids is 3. The van der Waals surface area contributed by atoms with Gasteiger partial charge >= 0.3 is 25.0 Å². The molecule has 0 aliphatic carbocycles. The maximum Gasteiger partial charge on any atom is 0.490 e. The molecule has 1 aliphatic rings. The van der Waals surface area contributed by atoms with Crippen LogP contribution in [0.5, 0.6) is 0 Å². The topological polar surface area (TPSA) is 132 Å². The highest BCUT2D eigenvalue weighted by Crippen LogP contribution is 2.26. The Bertz CT molecular complexity index is 790. The van der Waals surface area contributed by atoms with Crippen molar-refractivity contribution in [1.82, 2.24) is 0 Å². The number of benzene rings is 1. The fourth-order valence-corrected chi connectivity index (χ4v) is 2.57. The number of anilines is 1. The van der Waals surface area contributed by atoms with Crippen molar-refractivity contribution in [2.75, 3.05) is 39.6 Å². The van der Waals surface area contributed by atoms with Crippen molar-refractivity contribution in [2.45, 2.75) is 0 Å². The van der Waals surface area contributed by atoms with Gasteiger partial charge in [0.15, 0.2) is 0 Å². The van der Waals surface area contributed by atoms with Crippen LogP contribution in [0.3, 0.4) is 0 Å². The van der Waals surface area contributed by atoms with Gasteiger partial charge in [-0.1, -0.05) is 6.07 Å². The van der Waals surface area contributed by atoms with Crippen LogP contribution in [0.15, 0.2) is 29.5 Å². The molecule has 0 saturated heterocycles. The van der Waals surface area contributed by atoms with Gasteiger partial charge < -0.3 is 33.9 Å². The number of carbonyl (C=O) groups is 3. The van der Waals surface area contributed by atoms with Crippen LogP contribution < -0.4 is 10.4 Å². The highest BCUT2D eigenvalue weighted by molar-refractivity contribution is 6.60. The van der Waals surface area contributed by atoms with E-state index in [0.29, 0.717) is 0 Å². The van der Waals surface area contributed by atoms with Crippen LogP contribution in [0.25, 0.3) is 0 Å². The van der Waals surface area contributed by atoms with E-state index in [1.54, 1.807) is 0 Å². The van der Waals surface area contributed by atoms with Gasteiger partial charge in [-0.3, -0.25) is 0 Å². The lowest BCUT2D eigenvalue weighted by molar-refractivity contribution is -0.140. The van der Waals surface area contributed by atoms with E-state index in [1.807, 2.05) is 0 Å². The molecule has 0 unspecified atom stereocenters. The maximum absolute atomic E-state index is 12.3. The highest BCUT2D eigenvalue weighted by atomic mass is 16.5. The van der Waals surface area contributed by atoms with Gasteiger partial charge in [0.05, 0.1) is 39.1 Å². The third kappa shape index (κ3) is 4.10. The quantitative estimate of drug-likeness (QED) is 0.356. The first-order chi connectivity index (χ1) is 12.8. The molecular weight excluding hydrogens is 361 g/mol. The van der Waals surface area contributed by atoms with Crippen LogP contribution >= 0.6 is 0 Å². The number of hydrogen-bond donors (Lipinski definition) is 2. The van der Waals surface area contributed by atoms with Gasteiger partial charge in [-0.05, 0) is 12.1 Å². The standard InChI is InChI=1S/C16H18BNO9/c1-24-14(19)9-4-5-11(17(22)23)12(6-9)18-8-27-7-10(15(20)25-2)13(18)16(21)26-3/h4-6,22-23H,7-8H2,1-3H3. The van der Waals surface area contributed by atoms with Gasteiger partial charge in [0, 0.05) is 11.2 Å². The number of esters is 3. The Kier molecular flexibility index (Phi) is 6.56. The molecule has 0 aromatic heterocycles. The lowest BCUT2D eigenvalue weighted by Crippen LogP contribution is -2.43. The predicted molar refractivity (Wildman–Crippen MR) is 92.0 cm³/mol. The van der Waals surface area contributed by atoms with E-state index in [-0.39, 0.29) is 41.3 Å². The Hall–Kier alpha value is -2.89. The zero-order valence-electron chi connectivity index (χ0n) is 14.9. The summed E-state index contributed by atoms with van der Waals surface area (Å²) in [4.78, 5) is 37.4. The number of rotatable bonds is 5. The average Bonchev–Trinajstić information content (AvgIpc) is 2.70. The van der Waals surface area contributed by atoms with Gasteiger partial charge in [-0.2, -0.15) is 0 Å². The Labute approximate surface area is 155 Å². The van der Waals surface area contributed by atoms with E-state index >= 15 is 0 Å². The predicted octanol–water partition coefficient (Wildman–Crippen LogP) is -1.45. The molecule has 1 aromatic rings. The second kappa shape index (κ2) is 8.67. The molecule has 1 aliphatic heterocycles. The highest BCUT2D eigenvalue weighted by Gasteiger charge is 2.35. The molecule has 144 valence electrons. The maximum atomic E-state index is 12.3. The zero-order valence-corrected chi connectivity index (χ0v) is 14.9. The van der Waals surface area contributed by atoms with Crippen molar-refractivity contribution < 1.29 is 43.4 Å². The van der Waals surface area contributed by atoms with E-state index in [2.05, 4.69) is 9.47 Å². The molecule has 0 amide bonds. The Morgan fingerprint density at radius 1 is 1.04 bits per heavy atom. The molecule has 0 radical (unpaired) electrons. The third-order valence-corrected chi connectivity index (χ3v) is 3.85. The Morgan fingerprint density at radius 3 is 2.22 bits per heavy atom. The van der Waals surface area contributed by atoms with Crippen molar-refractivity contribution in [3.8, 4) is 0 Å². The van der Waals surface area contributed by atoms with Crippen molar-refractivity contribution in [3.05, 3.63) is 35.0 Å². The second-order valence-corrected chi connectivity index (χ2v) is 5.35. The van der Waals surface area contributed by atoms with Crippen molar-refractivity contribution >= 4 is 36.2 Å². The summed E-state index contributed by atoms with van der Waals surface area (Å²) in [5.74, 6) is -2.35. The molecule has 0 spiro atoms. The van der Waals surface area contributed by atoms with E-state index < -0.39 is 25.0 Å². The molecule has 0 atom stereocenters. The minimum atomic E-state index is -1.92. The molecule has 0 saturated carbocycles. The summed E-state index contributed by atoms with van der Waals surface area (Å²) in [6.45, 7) is -0.420. The van der Waals surface area contributed by atoms with Crippen LogP contribution in [0.4, 0.5) is 5.69 Å². The van der Waals surface area contributed by atoms with Crippen molar-refractivity contribution in [3.63, 3.8) is 0 Å². The van der Waals surface area contributed by atoms with Gasteiger partial charge in [0.2, 0.25) is 0 Å². The minimum absolute atomic E-state index is 0.0289. The van der Waals surface area contributed by atoms with Crippen LogP contribution in [0, 0.1) is 0 Å². The Morgan fingerprint density at radius 2 is 1.67 bits per heavy atom. The molecule has 1 aromatic carbocycles. The normalized spacial score (nSPS) is 13.9. The summed E-state index contributed by atoms with van der Waals surface area (Å²) in [6.07, 6.45) is 0. The van der Waals surface area contributed by atoms with Crippen molar-refractivity contribution in [1.29, 1.82) is 0 Å². The molecule has 0 fully saturated rings. The van der Waals surface area contributed by atoms with Gasteiger partial charge in [0.25, 0.3) is 0 Å². The summed E-state index contributed by atoms with van der Waals surface area (Å²) in [5, 5.41) is 19.3. The summed E-state index contributed by atoms with van der Waals surface area (Å²) in [7, 11) is 1.54. The summed E-state index contributed by atoms with van der Waals surface area (Å²) in [6, 6.07) is 3.90. The van der Waals surface area contributed by atoms with Gasteiger partial charge in [0.1, 0.15) is 12.4 Å². The van der Waals surface area contributed by atoms with Crippen LogP contribution in [-0.2, 0) is 28.5 Å². The molecule has 11 heteroatoms. The van der Waals surface area contributed by atoms with E-state index in [4.69, 9.17) is 9.47 Å². The Balaban J connectivity index is 2.70. The second-order valence-electron chi connectivity index (χ2n) is 5.35. The number of hydrogen-bond acceptors (Lipinski definition) is 10. The lowest BCUT2D eigenvalue weighted by Gasteiger charge is -2.32. The largest absolute Gasteiger partial charge is 0.490 e. The summed E-state index contributed by atoms with van der Waals surface area (Å²) < 4.78 is 19.4. The SMILES string of the molecule is COC(=O)C1=C(C(=O)OC)N(c2cc(C(=O)OC)ccc2B(O)O)COC1. The molecule has 27 heavy (non-hydrogen) atoms. The summed E-state index contributed by atoms with van der Waals surface area (Å²) >= 11 is 0. The third-order valence-electron chi connectivity index (χ3n) is 3.85. The van der Waals surface area contributed by atoms with E-state index in [0.717, 1.165) is 14.2 Å². The number of ether oxygens (including phenoxy) is 4. The molecule has 2 rings (SSSR count). The fourth-order valence-electron chi connectivity index (χ4n) is 2.57. The van der Waals surface area contributed by atoms with Crippen molar-refractivity contribution in [2.24, 2.45) is 0 Å². The molecular formula is C16H18BNO9. The lowest BCUT2D eigenvalue weighted by atomic mass is 9.78. The van der Waals surface area contributed by atoms with E-state index in [9.17, 15) is 24.4 Å². The molecule has 1 heterocycles. The van der Waals surface area contributed by atoms with Crippen LogP contribution in [-0.4, -0.2) is 69.7 Å². The first-order valence-corrected chi connectivity index (χ1v) is 7.69. The molecule has 2 N–H and O–H groups in total. The first kappa shape index (κ1) is 20.4. The van der Waals surface area contributed by atoms with E-state index in [1.165, 1.54) is 30.2 Å². The summed E-state index contributed by atoms with van der Waals surface area (Å²) in [5.41, 5.74) is -0.198. The fraction of sp³-hybridized carbons (Fsp3) is 0.312. The minimum Gasteiger partial charge on any atom is -0.466 e. The van der Waals surface area contributed by atoms with Crippen LogP contribution in [0.2, 0.25) is 0 Å². The monoisotopic (exact) mass is 379 g/mol. The first-order valence-electron chi connectivity index (χ1n) is 7.69. The van der Waals surface area contributed by atoms with Gasteiger partial charge in [-0.15, -0.1) is 0 Å². The van der Waals surface area contributed by atoms with Gasteiger partial charge in [-0.25, -0.2) is 14.4 Å². The number of methoxy groups -OCH3 is 3. The van der Waals surface area contributed by atoms with Crippen LogP contribution in [0.1, 0.15) is 10.4 Å². The smallest absolute Gasteiger partial charge is 0.466 e. The zero-order chi connectivity index (χ0) is 20.1. The average molecular weight is 379 g/mol. The number of nitrogens with zero attached hydrogens (tertiary/aromatic N) is 1.